The van der Waals surface area contributed by atoms with Crippen molar-refractivity contribution in [2.75, 3.05) is 19.7 Å². The molecule has 0 spiro atoms. The van der Waals surface area contributed by atoms with Crippen molar-refractivity contribution >= 4 is 16.0 Å². The fraction of sp³-hybridized carbons (Fsp3) is 0.455. The van der Waals surface area contributed by atoms with Gasteiger partial charge in [0.25, 0.3) is 0 Å². The predicted octanol–water partition coefficient (Wildman–Crippen LogP) is 2.92. The van der Waals surface area contributed by atoms with E-state index in [0.29, 0.717) is 36.3 Å². The summed E-state index contributed by atoms with van der Waals surface area (Å²) in [5.41, 5.74) is 3.31. The zero-order chi connectivity index (χ0) is 21.9. The topological polar surface area (TPSA) is 92.4 Å². The Bertz CT molecular complexity index is 1090. The summed E-state index contributed by atoms with van der Waals surface area (Å²) in [7, 11) is -3.58. The van der Waals surface area contributed by atoms with E-state index in [1.54, 1.807) is 36.6 Å². The molecule has 0 unspecified atom stereocenters. The van der Waals surface area contributed by atoms with Crippen LogP contribution < -0.4 is 0 Å². The molecule has 0 atom stereocenters. The Morgan fingerprint density at radius 1 is 1.17 bits per heavy atom. The first-order valence-electron chi connectivity index (χ1n) is 10.1. The van der Waals surface area contributed by atoms with Crippen molar-refractivity contribution in [2.24, 2.45) is 0 Å². The Morgan fingerprint density at radius 3 is 2.47 bits per heavy atom. The largest absolute Gasteiger partial charge is 0.465 e. The summed E-state index contributed by atoms with van der Waals surface area (Å²) in [4.78, 5) is 12.3. The molecule has 0 saturated carbocycles. The second-order valence-corrected chi connectivity index (χ2v) is 9.33. The number of carbonyl (C=O) groups is 1. The SMILES string of the molecule is CCOC(=O)Cn1c(C)c(C#N)c(Cc2ccccc2S(=O)(=O)N2CCCC2)c1C. The maximum Gasteiger partial charge on any atom is 0.325 e. The van der Waals surface area contributed by atoms with Crippen molar-refractivity contribution in [3.05, 3.63) is 52.3 Å². The normalized spacial score (nSPS) is 14.6. The van der Waals surface area contributed by atoms with Crippen LogP contribution in [0.2, 0.25) is 0 Å². The number of aromatic nitrogens is 1. The summed E-state index contributed by atoms with van der Waals surface area (Å²) >= 11 is 0. The van der Waals surface area contributed by atoms with E-state index in [4.69, 9.17) is 4.74 Å². The van der Waals surface area contributed by atoms with Gasteiger partial charge in [0.1, 0.15) is 12.6 Å². The Kier molecular flexibility index (Phi) is 6.64. The molecule has 30 heavy (non-hydrogen) atoms. The maximum absolute atomic E-state index is 13.2. The number of carbonyl (C=O) groups excluding carboxylic acids is 1. The van der Waals surface area contributed by atoms with Crippen LogP contribution in [0, 0.1) is 25.2 Å². The predicted molar refractivity (Wildman–Crippen MR) is 112 cm³/mol. The number of ether oxygens (including phenoxy) is 1. The molecule has 0 bridgehead atoms. The molecule has 1 saturated heterocycles. The van der Waals surface area contributed by atoms with Gasteiger partial charge in [0.05, 0.1) is 17.1 Å². The molecule has 8 heteroatoms. The molecular weight excluding hydrogens is 402 g/mol. The van der Waals surface area contributed by atoms with Crippen LogP contribution in [0.15, 0.2) is 29.2 Å². The first kappa shape index (κ1) is 22.1. The third-order valence-corrected chi connectivity index (χ3v) is 7.64. The van der Waals surface area contributed by atoms with Gasteiger partial charge in [-0.1, -0.05) is 18.2 Å². The smallest absolute Gasteiger partial charge is 0.325 e. The van der Waals surface area contributed by atoms with Gasteiger partial charge in [-0.05, 0) is 50.8 Å². The summed E-state index contributed by atoms with van der Waals surface area (Å²) in [6, 6.07) is 9.19. The minimum atomic E-state index is -3.58. The molecular formula is C22H27N3O4S. The molecule has 3 rings (SSSR count). The van der Waals surface area contributed by atoms with Gasteiger partial charge in [-0.15, -0.1) is 0 Å². The average molecular weight is 430 g/mol. The van der Waals surface area contributed by atoms with E-state index in [1.165, 1.54) is 4.31 Å². The molecule has 2 heterocycles. The lowest BCUT2D eigenvalue weighted by atomic mass is 10.0. The Balaban J connectivity index is 2.02. The van der Waals surface area contributed by atoms with Crippen LogP contribution in [-0.4, -0.2) is 43.0 Å². The zero-order valence-corrected chi connectivity index (χ0v) is 18.5. The minimum Gasteiger partial charge on any atom is -0.465 e. The van der Waals surface area contributed by atoms with E-state index >= 15 is 0 Å². The fourth-order valence-electron chi connectivity index (χ4n) is 4.05. The molecule has 1 aliphatic rings. The molecule has 160 valence electrons. The van der Waals surface area contributed by atoms with Gasteiger partial charge in [-0.3, -0.25) is 4.79 Å². The third kappa shape index (κ3) is 4.13. The van der Waals surface area contributed by atoms with Gasteiger partial charge in [-0.25, -0.2) is 8.42 Å². The standard InChI is InChI=1S/C22H27N3O4S/c1-4-29-22(26)15-25-16(2)19(20(14-23)17(25)3)13-18-9-5-6-10-21(18)30(27,28)24-11-7-8-12-24/h5-6,9-10H,4,7-8,11-13,15H2,1-3H3. The average Bonchev–Trinajstić information content (AvgIpc) is 3.33. The van der Waals surface area contributed by atoms with Crippen LogP contribution in [0.4, 0.5) is 0 Å². The number of rotatable bonds is 7. The lowest BCUT2D eigenvalue weighted by Gasteiger charge is -2.18. The molecule has 7 nitrogen and oxygen atoms in total. The number of nitrogens with zero attached hydrogens (tertiary/aromatic N) is 3. The van der Waals surface area contributed by atoms with Gasteiger partial charge in [0, 0.05) is 30.9 Å². The van der Waals surface area contributed by atoms with Crippen molar-refractivity contribution in [1.82, 2.24) is 8.87 Å². The van der Waals surface area contributed by atoms with E-state index in [-0.39, 0.29) is 24.0 Å². The molecule has 0 amide bonds. The second-order valence-electron chi connectivity index (χ2n) is 7.42. The maximum atomic E-state index is 13.2. The number of hydrogen-bond acceptors (Lipinski definition) is 5. The lowest BCUT2D eigenvalue weighted by molar-refractivity contribution is -0.143. The van der Waals surface area contributed by atoms with E-state index in [1.807, 2.05) is 13.0 Å². The summed E-state index contributed by atoms with van der Waals surface area (Å²) in [6.45, 7) is 6.77. The van der Waals surface area contributed by atoms with Gasteiger partial charge in [0.2, 0.25) is 10.0 Å². The number of nitriles is 1. The molecule has 0 radical (unpaired) electrons. The van der Waals surface area contributed by atoms with E-state index in [0.717, 1.165) is 24.1 Å². The van der Waals surface area contributed by atoms with E-state index < -0.39 is 10.0 Å². The minimum absolute atomic E-state index is 0.0217. The van der Waals surface area contributed by atoms with Crippen molar-refractivity contribution in [3.63, 3.8) is 0 Å². The zero-order valence-electron chi connectivity index (χ0n) is 17.6. The third-order valence-electron chi connectivity index (χ3n) is 5.64. The molecule has 0 N–H and O–H groups in total. The first-order valence-corrected chi connectivity index (χ1v) is 11.6. The van der Waals surface area contributed by atoms with E-state index in [2.05, 4.69) is 6.07 Å². The quantitative estimate of drug-likeness (QED) is 0.631. The molecule has 0 aliphatic carbocycles. The molecule has 1 aliphatic heterocycles. The molecule has 2 aromatic rings. The van der Waals surface area contributed by atoms with E-state index in [9.17, 15) is 18.5 Å². The molecule has 1 aromatic carbocycles. The van der Waals surface area contributed by atoms with Gasteiger partial charge >= 0.3 is 5.97 Å². The molecule has 1 aromatic heterocycles. The van der Waals surface area contributed by atoms with Crippen LogP contribution in [0.1, 0.15) is 47.8 Å². The number of esters is 1. The Morgan fingerprint density at radius 2 is 1.83 bits per heavy atom. The van der Waals surface area contributed by atoms with Crippen molar-refractivity contribution < 1.29 is 17.9 Å². The molecule has 1 fully saturated rings. The first-order chi connectivity index (χ1) is 14.3. The lowest BCUT2D eigenvalue weighted by Crippen LogP contribution is -2.28. The number of sulfonamides is 1. The van der Waals surface area contributed by atoms with Crippen LogP contribution in [0.25, 0.3) is 0 Å². The van der Waals surface area contributed by atoms with Crippen molar-refractivity contribution in [3.8, 4) is 6.07 Å². The highest BCUT2D eigenvalue weighted by Crippen LogP contribution is 2.29. The van der Waals surface area contributed by atoms with Crippen LogP contribution in [-0.2, 0) is 32.5 Å². The highest BCUT2D eigenvalue weighted by Gasteiger charge is 2.30. The summed E-state index contributed by atoms with van der Waals surface area (Å²) in [5.74, 6) is -0.369. The van der Waals surface area contributed by atoms with Gasteiger partial charge in [-0.2, -0.15) is 9.57 Å². The summed E-state index contributed by atoms with van der Waals surface area (Å²) in [6.07, 6.45) is 2.04. The van der Waals surface area contributed by atoms with Crippen LogP contribution >= 0.6 is 0 Å². The van der Waals surface area contributed by atoms with Gasteiger partial charge in [0.15, 0.2) is 0 Å². The highest BCUT2D eigenvalue weighted by atomic mass is 32.2. The number of hydrogen-bond donors (Lipinski definition) is 0. The summed E-state index contributed by atoms with van der Waals surface area (Å²) in [5, 5.41) is 9.75. The Hall–Kier alpha value is -2.63. The Labute approximate surface area is 177 Å². The van der Waals surface area contributed by atoms with Gasteiger partial charge < -0.3 is 9.30 Å². The monoisotopic (exact) mass is 429 g/mol. The van der Waals surface area contributed by atoms with Crippen molar-refractivity contribution in [2.45, 2.75) is 51.5 Å². The highest BCUT2D eigenvalue weighted by molar-refractivity contribution is 7.89. The fourth-order valence-corrected chi connectivity index (χ4v) is 5.78. The summed E-state index contributed by atoms with van der Waals surface area (Å²) < 4.78 is 34.7. The van der Waals surface area contributed by atoms with Crippen molar-refractivity contribution in [1.29, 1.82) is 5.26 Å². The van der Waals surface area contributed by atoms with Crippen LogP contribution in [0.3, 0.4) is 0 Å². The number of benzene rings is 1. The second kappa shape index (κ2) is 9.02. The van der Waals surface area contributed by atoms with Crippen LogP contribution in [0.5, 0.6) is 0 Å².